The summed E-state index contributed by atoms with van der Waals surface area (Å²) in [6, 6.07) is 0. The van der Waals surface area contributed by atoms with Crippen molar-refractivity contribution in [3.05, 3.63) is 0 Å². The monoisotopic (exact) mass is 493 g/mol. The van der Waals surface area contributed by atoms with Gasteiger partial charge in [0.1, 0.15) is 6.10 Å². The highest BCUT2D eigenvalue weighted by Crippen LogP contribution is 2.17. The molecule has 3 nitrogen and oxygen atoms in total. The molecule has 0 aliphatic carbocycles. The molecule has 0 aromatic heterocycles. The number of rotatable bonds is 27. The molecule has 0 heterocycles. The van der Waals surface area contributed by atoms with Gasteiger partial charge < -0.3 is 4.74 Å². The molecule has 1 unspecified atom stereocenters. The summed E-state index contributed by atoms with van der Waals surface area (Å²) in [5, 5.41) is 0. The van der Waals surface area contributed by atoms with Crippen LogP contribution in [0.15, 0.2) is 0 Å². The summed E-state index contributed by atoms with van der Waals surface area (Å²) in [5.74, 6) is 1.54. The van der Waals surface area contributed by atoms with Gasteiger partial charge >= 0.3 is 5.97 Å². The fourth-order valence-electron chi connectivity index (χ4n) is 4.76. The van der Waals surface area contributed by atoms with Crippen LogP contribution in [0.1, 0.15) is 175 Å². The summed E-state index contributed by atoms with van der Waals surface area (Å²) >= 11 is 0. The molecule has 35 heavy (non-hydrogen) atoms. The Bertz CT molecular complexity index is 458. The molecule has 0 fully saturated rings. The van der Waals surface area contributed by atoms with Crippen LogP contribution < -0.4 is 0 Å². The maximum atomic E-state index is 12.2. The van der Waals surface area contributed by atoms with Crippen molar-refractivity contribution in [2.45, 2.75) is 181 Å². The lowest BCUT2D eigenvalue weighted by Crippen LogP contribution is -2.18. The Morgan fingerprint density at radius 2 is 0.886 bits per heavy atom. The molecule has 0 aromatic carbocycles. The van der Waals surface area contributed by atoms with Crippen molar-refractivity contribution in [2.75, 3.05) is 0 Å². The number of unbranched alkanes of at least 4 members (excludes halogenated alkanes) is 16. The zero-order chi connectivity index (χ0) is 26.0. The SMILES string of the molecule is CC(C)CCCCCCCCCCCC(=O)OC(C[C]=O)CCCCCCCCCCCC(C)C. The normalized spacial score (nSPS) is 12.4. The van der Waals surface area contributed by atoms with Crippen LogP contribution in [0.3, 0.4) is 0 Å². The number of carbonyl (C=O) groups excluding carboxylic acids is 2. The van der Waals surface area contributed by atoms with Gasteiger partial charge in [0.2, 0.25) is 6.29 Å². The van der Waals surface area contributed by atoms with Crippen molar-refractivity contribution in [2.24, 2.45) is 11.8 Å². The van der Waals surface area contributed by atoms with Crippen LogP contribution in [0.4, 0.5) is 0 Å². The van der Waals surface area contributed by atoms with E-state index in [1.807, 2.05) is 6.29 Å². The van der Waals surface area contributed by atoms with Gasteiger partial charge in [-0.1, -0.05) is 143 Å². The van der Waals surface area contributed by atoms with E-state index in [1.165, 1.54) is 103 Å². The van der Waals surface area contributed by atoms with E-state index in [0.717, 1.165) is 43.9 Å². The Kier molecular flexibility index (Phi) is 25.6. The Balaban J connectivity index is 3.58. The molecule has 1 radical (unpaired) electrons. The van der Waals surface area contributed by atoms with Crippen LogP contribution in [0, 0.1) is 11.8 Å². The van der Waals surface area contributed by atoms with Crippen molar-refractivity contribution >= 4 is 12.3 Å². The summed E-state index contributed by atoms with van der Waals surface area (Å²) in [7, 11) is 0. The number of ether oxygens (including phenoxy) is 1. The predicted octanol–water partition coefficient (Wildman–Crippen LogP) is 10.3. The van der Waals surface area contributed by atoms with Crippen LogP contribution in [0.25, 0.3) is 0 Å². The van der Waals surface area contributed by atoms with E-state index in [0.29, 0.717) is 6.42 Å². The van der Waals surface area contributed by atoms with E-state index in [9.17, 15) is 9.59 Å². The standard InChI is InChI=1S/C32H61O3/c1-29(2)23-19-15-11-7-5-9-13-17-21-25-31(27-28-33)35-32(34)26-22-18-14-10-6-8-12-16-20-24-30(3)4/h29-31H,5-27H2,1-4H3. The minimum atomic E-state index is -0.267. The Labute approximate surface area is 219 Å². The molecule has 0 rings (SSSR count). The minimum absolute atomic E-state index is 0.132. The van der Waals surface area contributed by atoms with E-state index in [2.05, 4.69) is 27.7 Å². The van der Waals surface area contributed by atoms with Crippen molar-refractivity contribution in [3.63, 3.8) is 0 Å². The molecule has 0 aliphatic heterocycles. The third-order valence-electron chi connectivity index (χ3n) is 7.08. The third kappa shape index (κ3) is 27.6. The molecule has 207 valence electrons. The van der Waals surface area contributed by atoms with Crippen molar-refractivity contribution in [1.82, 2.24) is 0 Å². The van der Waals surface area contributed by atoms with Crippen LogP contribution in [0.5, 0.6) is 0 Å². The topological polar surface area (TPSA) is 43.4 Å². The largest absolute Gasteiger partial charge is 0.462 e. The summed E-state index contributed by atoms with van der Waals surface area (Å²) in [5.41, 5.74) is 0. The van der Waals surface area contributed by atoms with Gasteiger partial charge in [-0.25, -0.2) is 0 Å². The second-order valence-electron chi connectivity index (χ2n) is 11.7. The summed E-state index contributed by atoms with van der Waals surface area (Å²) in [6.07, 6.45) is 28.8. The zero-order valence-corrected chi connectivity index (χ0v) is 24.2. The highest BCUT2D eigenvalue weighted by Gasteiger charge is 2.14. The van der Waals surface area contributed by atoms with Gasteiger partial charge in [-0.3, -0.25) is 9.59 Å². The van der Waals surface area contributed by atoms with Gasteiger partial charge in [-0.05, 0) is 31.1 Å². The highest BCUT2D eigenvalue weighted by molar-refractivity contribution is 5.69. The Hall–Kier alpha value is -0.860. The zero-order valence-electron chi connectivity index (χ0n) is 24.2. The van der Waals surface area contributed by atoms with E-state index >= 15 is 0 Å². The van der Waals surface area contributed by atoms with Gasteiger partial charge in [0.05, 0.1) is 6.42 Å². The third-order valence-corrected chi connectivity index (χ3v) is 7.08. The van der Waals surface area contributed by atoms with Gasteiger partial charge in [-0.15, -0.1) is 0 Å². The van der Waals surface area contributed by atoms with Gasteiger partial charge in [0.25, 0.3) is 0 Å². The molecule has 0 N–H and O–H groups in total. The van der Waals surface area contributed by atoms with Crippen LogP contribution >= 0.6 is 0 Å². The minimum Gasteiger partial charge on any atom is -0.462 e. The molecule has 0 saturated carbocycles. The smallest absolute Gasteiger partial charge is 0.306 e. The first-order valence-electron chi connectivity index (χ1n) is 15.5. The van der Waals surface area contributed by atoms with E-state index in [-0.39, 0.29) is 18.5 Å². The van der Waals surface area contributed by atoms with Crippen LogP contribution in [-0.2, 0) is 14.3 Å². The van der Waals surface area contributed by atoms with Crippen LogP contribution in [0.2, 0.25) is 0 Å². The fourth-order valence-corrected chi connectivity index (χ4v) is 4.76. The Morgan fingerprint density at radius 3 is 1.26 bits per heavy atom. The van der Waals surface area contributed by atoms with Crippen molar-refractivity contribution in [3.8, 4) is 0 Å². The quantitative estimate of drug-likeness (QED) is 0.0844. The average Bonchev–Trinajstić information content (AvgIpc) is 2.80. The molecule has 0 bridgehead atoms. The molecule has 0 amide bonds. The Morgan fingerprint density at radius 1 is 0.543 bits per heavy atom. The number of carbonyl (C=O) groups is 1. The van der Waals surface area contributed by atoms with Gasteiger partial charge in [-0.2, -0.15) is 0 Å². The predicted molar refractivity (Wildman–Crippen MR) is 151 cm³/mol. The first kappa shape index (κ1) is 34.1. The molecule has 0 aliphatic rings. The second kappa shape index (κ2) is 26.2. The lowest BCUT2D eigenvalue weighted by Gasteiger charge is -2.15. The fraction of sp³-hybridized carbons (Fsp3) is 0.938. The lowest BCUT2D eigenvalue weighted by molar-refractivity contribution is -0.149. The lowest BCUT2D eigenvalue weighted by atomic mass is 10.0. The van der Waals surface area contributed by atoms with Crippen molar-refractivity contribution in [1.29, 1.82) is 0 Å². The van der Waals surface area contributed by atoms with Gasteiger partial charge in [0, 0.05) is 6.42 Å². The van der Waals surface area contributed by atoms with E-state index < -0.39 is 0 Å². The maximum absolute atomic E-state index is 12.2. The summed E-state index contributed by atoms with van der Waals surface area (Å²) in [4.78, 5) is 23.1. The highest BCUT2D eigenvalue weighted by atomic mass is 16.5. The molecule has 0 saturated heterocycles. The second-order valence-corrected chi connectivity index (χ2v) is 11.7. The first-order chi connectivity index (χ1) is 17.0. The number of esters is 1. The number of hydrogen-bond donors (Lipinski definition) is 0. The average molecular weight is 494 g/mol. The van der Waals surface area contributed by atoms with Crippen LogP contribution in [-0.4, -0.2) is 18.4 Å². The molecule has 0 aromatic rings. The van der Waals surface area contributed by atoms with E-state index in [1.54, 1.807) is 0 Å². The molecule has 3 heteroatoms. The molecular weight excluding hydrogens is 432 g/mol. The molecule has 0 spiro atoms. The van der Waals surface area contributed by atoms with Crippen molar-refractivity contribution < 1.29 is 14.3 Å². The first-order valence-corrected chi connectivity index (χ1v) is 15.5. The summed E-state index contributed by atoms with van der Waals surface area (Å²) < 4.78 is 5.59. The molecule has 1 atom stereocenters. The number of hydrogen-bond acceptors (Lipinski definition) is 3. The summed E-state index contributed by atoms with van der Waals surface area (Å²) in [6.45, 7) is 9.21. The van der Waals surface area contributed by atoms with E-state index in [4.69, 9.17) is 4.74 Å². The van der Waals surface area contributed by atoms with Gasteiger partial charge in [0.15, 0.2) is 0 Å². The molecular formula is C32H61O3. The maximum Gasteiger partial charge on any atom is 0.306 e.